The Balaban J connectivity index is 1.08. The number of fused-ring (bicyclic) bond motifs is 4. The van der Waals surface area contributed by atoms with Crippen LogP contribution in [0.5, 0.6) is 11.6 Å². The van der Waals surface area contributed by atoms with E-state index in [4.69, 9.17) is 19.2 Å². The molecule has 17 heteroatoms. The number of carbonyl (C=O) groups excluding carboxylic acids is 3. The summed E-state index contributed by atoms with van der Waals surface area (Å²) in [5.41, 5.74) is -1.54. The summed E-state index contributed by atoms with van der Waals surface area (Å²) in [4.78, 5) is 67.5. The predicted molar refractivity (Wildman–Crippen MR) is 225 cm³/mol. The zero-order valence-electron chi connectivity index (χ0n) is 35.2. The summed E-state index contributed by atoms with van der Waals surface area (Å²) >= 11 is 0. The molecular formula is C44H58N6O10S. The van der Waals surface area contributed by atoms with E-state index in [0.717, 1.165) is 18.2 Å². The maximum Gasteiger partial charge on any atom is 0.408 e. The van der Waals surface area contributed by atoms with E-state index < -0.39 is 68.7 Å². The fraction of sp³-hybridized carbons (Fsp3) is 0.659. The van der Waals surface area contributed by atoms with Gasteiger partial charge < -0.3 is 34.4 Å². The van der Waals surface area contributed by atoms with Gasteiger partial charge in [-0.3, -0.25) is 24.0 Å². The van der Waals surface area contributed by atoms with Crippen LogP contribution >= 0.6 is 0 Å². The van der Waals surface area contributed by atoms with Crippen molar-refractivity contribution in [3.8, 4) is 11.6 Å². The van der Waals surface area contributed by atoms with Crippen molar-refractivity contribution in [3.05, 3.63) is 36.4 Å². The largest absolute Gasteiger partial charge is 0.497 e. The number of anilines is 1. The van der Waals surface area contributed by atoms with Crippen molar-refractivity contribution in [2.24, 2.45) is 29.6 Å². The van der Waals surface area contributed by atoms with Crippen LogP contribution in [0.4, 0.5) is 10.6 Å². The Labute approximate surface area is 356 Å². The molecule has 0 radical (unpaired) electrons. The minimum atomic E-state index is -3.93. The van der Waals surface area contributed by atoms with Crippen molar-refractivity contribution in [2.75, 3.05) is 44.9 Å². The molecule has 2 saturated heterocycles. The highest BCUT2D eigenvalue weighted by Crippen LogP contribution is 2.54. The van der Waals surface area contributed by atoms with Crippen molar-refractivity contribution in [1.82, 2.24) is 24.8 Å². The topological polar surface area (TPSA) is 197 Å². The number of pyridine rings is 1. The van der Waals surface area contributed by atoms with Gasteiger partial charge in [-0.25, -0.2) is 13.2 Å². The maximum atomic E-state index is 15.4. The number of benzene rings is 1. The summed E-state index contributed by atoms with van der Waals surface area (Å²) in [6.45, 7) is 6.34. The van der Waals surface area contributed by atoms with Crippen molar-refractivity contribution < 1.29 is 46.9 Å². The Morgan fingerprint density at radius 2 is 1.79 bits per heavy atom. The fourth-order valence-electron chi connectivity index (χ4n) is 10.6. The predicted octanol–water partition coefficient (Wildman–Crippen LogP) is 4.07. The maximum absolute atomic E-state index is 15.4. The Morgan fingerprint density at radius 1 is 1.03 bits per heavy atom. The summed E-state index contributed by atoms with van der Waals surface area (Å²) in [5, 5.41) is 14.7. The molecular weight excluding hydrogens is 805 g/mol. The van der Waals surface area contributed by atoms with Gasteiger partial charge in [-0.2, -0.15) is 4.98 Å². The first-order valence-corrected chi connectivity index (χ1v) is 23.6. The highest BCUT2D eigenvalue weighted by atomic mass is 32.2. The molecule has 16 nitrogen and oxygen atoms in total. The number of allylic oxidation sites excluding steroid dienone is 1. The van der Waals surface area contributed by atoms with Gasteiger partial charge in [0.15, 0.2) is 0 Å². The van der Waals surface area contributed by atoms with Gasteiger partial charge in [0.1, 0.15) is 35.3 Å². The molecule has 3 aliphatic heterocycles. The molecule has 61 heavy (non-hydrogen) atoms. The fourth-order valence-corrected chi connectivity index (χ4v) is 12.0. The molecule has 4 amide bonds. The Morgan fingerprint density at radius 3 is 2.49 bits per heavy atom. The molecule has 0 spiro atoms. The minimum absolute atomic E-state index is 0.0232. The van der Waals surface area contributed by atoms with Crippen molar-refractivity contribution in [3.63, 3.8) is 0 Å². The quantitative estimate of drug-likeness (QED) is 0.306. The summed E-state index contributed by atoms with van der Waals surface area (Å²) in [5.74, 6) is -0.0404. The van der Waals surface area contributed by atoms with Crippen LogP contribution in [0.3, 0.4) is 0 Å². The summed E-state index contributed by atoms with van der Waals surface area (Å²) < 4.78 is 46.2. The van der Waals surface area contributed by atoms with Gasteiger partial charge in [0.25, 0.3) is 5.91 Å². The first kappa shape index (κ1) is 41.7. The smallest absolute Gasteiger partial charge is 0.408 e. The van der Waals surface area contributed by atoms with Crippen LogP contribution in [-0.2, 0) is 29.1 Å². The number of hydrogen-bond donors (Lipinski definition) is 3. The molecule has 9 rings (SSSR count). The molecule has 1 aromatic carbocycles. The van der Waals surface area contributed by atoms with Crippen LogP contribution in [0.25, 0.3) is 10.8 Å². The third kappa shape index (κ3) is 8.35. The molecule has 1 aromatic heterocycles. The molecule has 10 atom stereocenters. The molecule has 0 bridgehead atoms. The molecule has 4 heterocycles. The summed E-state index contributed by atoms with van der Waals surface area (Å²) in [7, 11) is -2.33. The highest BCUT2D eigenvalue weighted by Gasteiger charge is 2.62. The minimum Gasteiger partial charge on any atom is -0.497 e. The standard InChI is InChI=1S/C44H58N6O10S/c1-25-6-4-5-7-30-23-44(30,42(53)47-61(56,57)34-9-10-34)46-39(51)36-22-33(24-49(36)41(52)38(26(2)16-25)50(43(54)55)31-18-27-17-28(27)19-31)60-40-35-11-8-32(58-3)20-29(35)21-37(45-40)48-12-14-59-15-13-48/h5,7-8,11,20-21,25-28,30-31,33-34,36,38H,4,6,9-10,12-19,22-24H2,1-3H3,(H,46,51)(H,47,53)(H,54,55)/b7-5-/t25-,26+,27-,28?,30+,31?,33+,36-,38-,44+/m0/s1. The number of sulfonamides is 1. The van der Waals surface area contributed by atoms with E-state index in [9.17, 15) is 27.9 Å². The summed E-state index contributed by atoms with van der Waals surface area (Å²) in [6.07, 6.45) is 7.60. The number of ether oxygens (including phenoxy) is 3. The molecule has 6 fully saturated rings. The number of morpholine rings is 1. The Kier molecular flexibility index (Phi) is 11.1. The van der Waals surface area contributed by atoms with E-state index in [1.54, 1.807) is 7.11 Å². The zero-order chi connectivity index (χ0) is 42.8. The van der Waals surface area contributed by atoms with Crippen LogP contribution in [-0.4, -0.2) is 127 Å². The second-order valence-corrected chi connectivity index (χ2v) is 20.7. The third-order valence-electron chi connectivity index (χ3n) is 14.3. The van der Waals surface area contributed by atoms with E-state index in [1.807, 2.05) is 43.3 Å². The number of nitrogens with zero attached hydrogens (tertiary/aromatic N) is 4. The first-order valence-electron chi connectivity index (χ1n) is 22.1. The Bertz CT molecular complexity index is 2200. The van der Waals surface area contributed by atoms with Crippen LogP contribution in [0.15, 0.2) is 36.4 Å². The number of carbonyl (C=O) groups is 4. The van der Waals surface area contributed by atoms with Gasteiger partial charge in [0, 0.05) is 36.9 Å². The summed E-state index contributed by atoms with van der Waals surface area (Å²) in [6, 6.07) is 5.01. The monoisotopic (exact) mass is 862 g/mol. The van der Waals surface area contributed by atoms with Crippen molar-refractivity contribution in [2.45, 2.75) is 113 Å². The van der Waals surface area contributed by atoms with Crippen molar-refractivity contribution in [1.29, 1.82) is 0 Å². The van der Waals surface area contributed by atoms with Gasteiger partial charge in [0.2, 0.25) is 27.7 Å². The van der Waals surface area contributed by atoms with E-state index in [2.05, 4.69) is 21.9 Å². The number of nitrogens with one attached hydrogen (secondary N) is 2. The highest BCUT2D eigenvalue weighted by molar-refractivity contribution is 7.91. The number of methoxy groups -OCH3 is 1. The molecule has 4 saturated carbocycles. The third-order valence-corrected chi connectivity index (χ3v) is 16.1. The van der Waals surface area contributed by atoms with Gasteiger partial charge in [-0.1, -0.05) is 26.0 Å². The Hall–Kier alpha value is -4.64. The second-order valence-electron chi connectivity index (χ2n) is 18.7. The molecule has 7 aliphatic rings. The van der Waals surface area contributed by atoms with Crippen LogP contribution < -0.4 is 24.4 Å². The SMILES string of the molecule is COc1ccc2c(O[C@@H]3C[C@H]4C(=O)N[C@]5(C(=O)NS(=O)(=O)C6CC6)C[C@H]5/C=C\CC[C@H](C)C[C@@H](C)[C@H](N(C(=O)O)C5CC6C[C@H]6C5)C(=O)N4C3)nc(N3CCOCC3)cc2c1. The average Bonchev–Trinajstić information content (AvgIpc) is 4.20. The molecule has 330 valence electrons. The van der Waals surface area contributed by atoms with E-state index in [0.29, 0.717) is 99.5 Å². The van der Waals surface area contributed by atoms with Crippen LogP contribution in [0.1, 0.15) is 78.1 Å². The molecule has 3 N–H and O–H groups in total. The molecule has 4 aliphatic carbocycles. The number of aromatic nitrogens is 1. The van der Waals surface area contributed by atoms with Gasteiger partial charge in [-0.15, -0.1) is 0 Å². The molecule has 2 aromatic rings. The second kappa shape index (κ2) is 16.2. The number of hydrogen-bond acceptors (Lipinski definition) is 11. The average molecular weight is 863 g/mol. The van der Waals surface area contributed by atoms with Crippen molar-refractivity contribution >= 4 is 50.4 Å². The number of carboxylic acid groups (broad SMARTS) is 1. The van der Waals surface area contributed by atoms with E-state index in [1.165, 1.54) is 9.80 Å². The lowest BCUT2D eigenvalue weighted by atomic mass is 9.86. The first-order chi connectivity index (χ1) is 29.2. The van der Waals surface area contributed by atoms with E-state index >= 15 is 4.79 Å². The lowest BCUT2D eigenvalue weighted by Gasteiger charge is -2.40. The molecule has 2 unspecified atom stereocenters. The lowest BCUT2D eigenvalue weighted by molar-refractivity contribution is -0.145. The normalized spacial score (nSPS) is 34.5. The van der Waals surface area contributed by atoms with Gasteiger partial charge in [-0.05, 0) is 111 Å². The van der Waals surface area contributed by atoms with E-state index in [-0.39, 0.29) is 37.3 Å². The van der Waals surface area contributed by atoms with Crippen LogP contribution in [0.2, 0.25) is 0 Å². The van der Waals surface area contributed by atoms with Gasteiger partial charge >= 0.3 is 6.09 Å². The zero-order valence-corrected chi connectivity index (χ0v) is 36.0. The number of amides is 4. The van der Waals surface area contributed by atoms with Crippen LogP contribution in [0, 0.1) is 29.6 Å². The van der Waals surface area contributed by atoms with Gasteiger partial charge in [0.05, 0.1) is 32.1 Å². The number of rotatable bonds is 9. The lowest BCUT2D eigenvalue weighted by Crippen LogP contribution is -2.61.